The number of hydrogen-bond donors (Lipinski definition) is 1. The first kappa shape index (κ1) is 18.0. The minimum atomic E-state index is -0.120. The quantitative estimate of drug-likeness (QED) is 0.680. The summed E-state index contributed by atoms with van der Waals surface area (Å²) in [6, 6.07) is 15.7. The lowest BCUT2D eigenvalue weighted by molar-refractivity contribution is -0.113. The van der Waals surface area contributed by atoms with Gasteiger partial charge in [-0.2, -0.15) is 5.26 Å². The Morgan fingerprint density at radius 1 is 1.15 bits per heavy atom. The Bertz CT molecular complexity index is 1020. The van der Waals surface area contributed by atoms with Crippen molar-refractivity contribution < 1.29 is 4.79 Å². The number of nitrogens with zero attached hydrogens (tertiary/aromatic N) is 2. The van der Waals surface area contributed by atoms with Gasteiger partial charge in [-0.1, -0.05) is 41.6 Å². The number of anilines is 1. The van der Waals surface area contributed by atoms with Crippen LogP contribution >= 0.6 is 11.8 Å². The number of nitrogens with one attached hydrogen (secondary N) is 1. The summed E-state index contributed by atoms with van der Waals surface area (Å²) in [6.45, 7) is 6.06. The van der Waals surface area contributed by atoms with Gasteiger partial charge in [-0.05, 0) is 50.1 Å². The molecular weight excluding hydrogens is 342 g/mol. The Morgan fingerprint density at radius 2 is 1.88 bits per heavy atom. The van der Waals surface area contributed by atoms with Crippen molar-refractivity contribution in [3.8, 4) is 6.07 Å². The van der Waals surface area contributed by atoms with Crippen LogP contribution in [0.1, 0.15) is 22.3 Å². The number of aromatic nitrogens is 1. The van der Waals surface area contributed by atoms with Crippen LogP contribution in [0.2, 0.25) is 0 Å². The van der Waals surface area contributed by atoms with Gasteiger partial charge < -0.3 is 5.32 Å². The monoisotopic (exact) mass is 361 g/mol. The molecule has 0 fully saturated rings. The summed E-state index contributed by atoms with van der Waals surface area (Å²) in [5.74, 6) is 0.0805. The number of rotatable bonds is 4. The number of aryl methyl sites for hydroxylation is 3. The van der Waals surface area contributed by atoms with E-state index in [1.54, 1.807) is 0 Å². The van der Waals surface area contributed by atoms with Crippen LogP contribution in [-0.2, 0) is 4.79 Å². The van der Waals surface area contributed by atoms with Crippen LogP contribution < -0.4 is 5.32 Å². The van der Waals surface area contributed by atoms with Gasteiger partial charge in [0.15, 0.2) is 0 Å². The zero-order valence-corrected chi connectivity index (χ0v) is 15.8. The minimum Gasteiger partial charge on any atom is -0.325 e. The molecule has 26 heavy (non-hydrogen) atoms. The Kier molecular flexibility index (Phi) is 5.24. The number of amides is 1. The average Bonchev–Trinajstić information content (AvgIpc) is 2.64. The first-order valence-corrected chi connectivity index (χ1v) is 9.27. The summed E-state index contributed by atoms with van der Waals surface area (Å²) in [5, 5.41) is 13.8. The molecule has 1 aromatic heterocycles. The van der Waals surface area contributed by atoms with Crippen molar-refractivity contribution in [3.05, 3.63) is 64.7 Å². The summed E-state index contributed by atoms with van der Waals surface area (Å²) in [7, 11) is 0. The molecule has 0 aliphatic carbocycles. The third-order valence-electron chi connectivity index (χ3n) is 4.27. The van der Waals surface area contributed by atoms with Crippen LogP contribution in [0.25, 0.3) is 10.9 Å². The molecule has 1 N–H and O–H groups in total. The number of carbonyl (C=O) groups excluding carboxylic acids is 1. The van der Waals surface area contributed by atoms with Gasteiger partial charge in [-0.15, -0.1) is 0 Å². The Labute approximate surface area is 157 Å². The summed E-state index contributed by atoms with van der Waals surface area (Å²) in [5.41, 5.74) is 5.53. The molecule has 3 rings (SSSR count). The molecular formula is C21H19N3OS. The number of carbonyl (C=O) groups is 1. The normalized spacial score (nSPS) is 10.5. The van der Waals surface area contributed by atoms with Crippen molar-refractivity contribution in [3.63, 3.8) is 0 Å². The Balaban J connectivity index is 1.79. The molecule has 0 spiro atoms. The van der Waals surface area contributed by atoms with Gasteiger partial charge in [0.1, 0.15) is 11.1 Å². The maximum absolute atomic E-state index is 12.2. The van der Waals surface area contributed by atoms with Crippen LogP contribution in [0.15, 0.2) is 47.5 Å². The fourth-order valence-electron chi connectivity index (χ4n) is 2.62. The first-order valence-electron chi connectivity index (χ1n) is 8.28. The van der Waals surface area contributed by atoms with Crippen LogP contribution in [-0.4, -0.2) is 16.6 Å². The van der Waals surface area contributed by atoms with Gasteiger partial charge in [-0.3, -0.25) is 4.79 Å². The van der Waals surface area contributed by atoms with Crippen LogP contribution in [0.3, 0.4) is 0 Å². The predicted molar refractivity (Wildman–Crippen MR) is 106 cm³/mol. The van der Waals surface area contributed by atoms with E-state index in [9.17, 15) is 10.1 Å². The summed E-state index contributed by atoms with van der Waals surface area (Å²) >= 11 is 1.29. The number of hydrogen-bond acceptors (Lipinski definition) is 4. The molecule has 0 aliphatic heterocycles. The lowest BCUT2D eigenvalue weighted by Crippen LogP contribution is -2.14. The van der Waals surface area contributed by atoms with E-state index in [1.807, 2.05) is 63.2 Å². The van der Waals surface area contributed by atoms with E-state index in [1.165, 1.54) is 11.8 Å². The summed E-state index contributed by atoms with van der Waals surface area (Å²) in [6.07, 6.45) is 0. The highest BCUT2D eigenvalue weighted by atomic mass is 32.2. The average molecular weight is 361 g/mol. The maximum Gasteiger partial charge on any atom is 0.234 e. The van der Waals surface area contributed by atoms with Gasteiger partial charge in [0.2, 0.25) is 5.91 Å². The number of thioether (sulfide) groups is 1. The lowest BCUT2D eigenvalue weighted by atomic mass is 10.0. The van der Waals surface area contributed by atoms with Crippen molar-refractivity contribution in [2.75, 3.05) is 11.1 Å². The Morgan fingerprint density at radius 3 is 2.58 bits per heavy atom. The second-order valence-corrected chi connectivity index (χ2v) is 7.20. The first-order chi connectivity index (χ1) is 12.5. The van der Waals surface area contributed by atoms with E-state index in [2.05, 4.69) is 16.4 Å². The van der Waals surface area contributed by atoms with Crippen LogP contribution in [0, 0.1) is 32.1 Å². The molecule has 0 saturated carbocycles. The van der Waals surface area contributed by atoms with Gasteiger partial charge in [0.25, 0.3) is 0 Å². The van der Waals surface area contributed by atoms with Crippen molar-refractivity contribution in [1.82, 2.24) is 4.98 Å². The van der Waals surface area contributed by atoms with E-state index in [0.29, 0.717) is 10.6 Å². The minimum absolute atomic E-state index is 0.120. The van der Waals surface area contributed by atoms with Crippen molar-refractivity contribution >= 4 is 34.3 Å². The largest absolute Gasteiger partial charge is 0.325 e. The molecule has 0 unspecified atom stereocenters. The number of nitriles is 1. The molecule has 130 valence electrons. The maximum atomic E-state index is 12.2. The molecule has 3 aromatic rings. The third-order valence-corrected chi connectivity index (χ3v) is 5.26. The molecule has 2 aromatic carbocycles. The molecule has 0 saturated heterocycles. The molecule has 0 atom stereocenters. The highest BCUT2D eigenvalue weighted by Gasteiger charge is 2.12. The van der Waals surface area contributed by atoms with Crippen molar-refractivity contribution in [1.29, 1.82) is 5.26 Å². The van der Waals surface area contributed by atoms with Crippen LogP contribution in [0.4, 0.5) is 5.69 Å². The van der Waals surface area contributed by atoms with E-state index in [-0.39, 0.29) is 11.7 Å². The fraction of sp³-hybridized carbons (Fsp3) is 0.190. The highest BCUT2D eigenvalue weighted by molar-refractivity contribution is 8.00. The summed E-state index contributed by atoms with van der Waals surface area (Å²) < 4.78 is 0. The van der Waals surface area contributed by atoms with Gasteiger partial charge in [0, 0.05) is 11.1 Å². The molecule has 1 amide bonds. The molecule has 0 radical (unpaired) electrons. The molecule has 5 heteroatoms. The number of benzene rings is 2. The SMILES string of the molecule is Cc1ccc(NC(=O)CSc2nc3c(C)c(C)ccc3cc2C#N)cc1. The number of fused-ring (bicyclic) bond motifs is 1. The van der Waals surface area contributed by atoms with E-state index >= 15 is 0 Å². The smallest absolute Gasteiger partial charge is 0.234 e. The lowest BCUT2D eigenvalue weighted by Gasteiger charge is -2.09. The Hall–Kier alpha value is -2.84. The van der Waals surface area contributed by atoms with Crippen molar-refractivity contribution in [2.45, 2.75) is 25.8 Å². The van der Waals surface area contributed by atoms with Gasteiger partial charge in [-0.25, -0.2) is 4.98 Å². The second kappa shape index (κ2) is 7.59. The van der Waals surface area contributed by atoms with E-state index in [4.69, 9.17) is 0 Å². The zero-order chi connectivity index (χ0) is 18.7. The highest BCUT2D eigenvalue weighted by Crippen LogP contribution is 2.27. The molecule has 1 heterocycles. The van der Waals surface area contributed by atoms with Gasteiger partial charge >= 0.3 is 0 Å². The second-order valence-electron chi connectivity index (χ2n) is 6.23. The van der Waals surface area contributed by atoms with Crippen molar-refractivity contribution in [2.24, 2.45) is 0 Å². The zero-order valence-electron chi connectivity index (χ0n) is 15.0. The fourth-order valence-corrected chi connectivity index (χ4v) is 3.38. The molecule has 4 nitrogen and oxygen atoms in total. The van der Waals surface area contributed by atoms with Gasteiger partial charge in [0.05, 0.1) is 16.8 Å². The van der Waals surface area contributed by atoms with E-state index in [0.717, 1.165) is 33.3 Å². The standard InChI is InChI=1S/C21H19N3OS/c1-13-4-8-18(9-5-13)23-19(25)12-26-21-17(11-22)10-16-7-6-14(2)15(3)20(16)24-21/h4-10H,12H2,1-3H3,(H,23,25). The molecule has 0 aliphatic rings. The summed E-state index contributed by atoms with van der Waals surface area (Å²) in [4.78, 5) is 16.9. The number of pyridine rings is 1. The predicted octanol–water partition coefficient (Wildman–Crippen LogP) is 4.76. The topological polar surface area (TPSA) is 65.8 Å². The third kappa shape index (κ3) is 3.87. The molecule has 0 bridgehead atoms. The van der Waals surface area contributed by atoms with E-state index < -0.39 is 0 Å². The van der Waals surface area contributed by atoms with Crippen LogP contribution in [0.5, 0.6) is 0 Å².